The summed E-state index contributed by atoms with van der Waals surface area (Å²) in [6.45, 7) is 6.52. The van der Waals surface area contributed by atoms with Crippen molar-refractivity contribution in [3.05, 3.63) is 21.9 Å². The summed E-state index contributed by atoms with van der Waals surface area (Å²) in [6.07, 6.45) is 0. The van der Waals surface area contributed by atoms with Gasteiger partial charge in [-0.3, -0.25) is 0 Å². The van der Waals surface area contributed by atoms with E-state index in [0.29, 0.717) is 11.1 Å². The van der Waals surface area contributed by atoms with Crippen molar-refractivity contribution >= 4 is 15.9 Å². The van der Waals surface area contributed by atoms with Gasteiger partial charge in [0.05, 0.1) is 0 Å². The van der Waals surface area contributed by atoms with Gasteiger partial charge in [-0.1, -0.05) is 20.8 Å². The lowest BCUT2D eigenvalue weighted by atomic mass is 9.91. The maximum absolute atomic E-state index is 9.60. The fourth-order valence-corrected chi connectivity index (χ4v) is 1.54. The highest BCUT2D eigenvalue weighted by Gasteiger charge is 2.18. The first-order chi connectivity index (χ1) is 6.36. The van der Waals surface area contributed by atoms with Crippen LogP contribution in [-0.2, 0) is 12.0 Å². The Balaban J connectivity index is 3.30. The van der Waals surface area contributed by atoms with Gasteiger partial charge in [0.1, 0.15) is 4.60 Å². The molecule has 0 saturated heterocycles. The number of pyridine rings is 1. The summed E-state index contributed by atoms with van der Waals surface area (Å²) >= 11 is 3.21. The van der Waals surface area contributed by atoms with E-state index in [0.717, 1.165) is 11.3 Å². The summed E-state index contributed by atoms with van der Waals surface area (Å²) in [5.74, 6) is 0.139. The van der Waals surface area contributed by atoms with Crippen LogP contribution in [0.1, 0.15) is 32.0 Å². The molecule has 0 radical (unpaired) electrons. The highest BCUT2D eigenvalue weighted by atomic mass is 79.9. The third kappa shape index (κ3) is 2.25. The Morgan fingerprint density at radius 2 is 2.07 bits per heavy atom. The van der Waals surface area contributed by atoms with Crippen LogP contribution in [0.25, 0.3) is 0 Å². The van der Waals surface area contributed by atoms with E-state index in [-0.39, 0.29) is 11.2 Å². The van der Waals surface area contributed by atoms with Gasteiger partial charge in [0.25, 0.3) is 0 Å². The van der Waals surface area contributed by atoms with Crippen LogP contribution in [0.2, 0.25) is 0 Å². The number of nitrogens with two attached hydrogens (primary N) is 1. The molecule has 78 valence electrons. The van der Waals surface area contributed by atoms with E-state index in [1.54, 1.807) is 0 Å². The summed E-state index contributed by atoms with van der Waals surface area (Å²) < 4.78 is 0.463. The quantitative estimate of drug-likeness (QED) is 0.761. The molecule has 0 spiro atoms. The van der Waals surface area contributed by atoms with Crippen LogP contribution in [0.15, 0.2) is 10.7 Å². The number of hydrogen-bond donors (Lipinski definition) is 2. The molecule has 0 aliphatic carbocycles. The molecule has 14 heavy (non-hydrogen) atoms. The Kier molecular flexibility index (Phi) is 3.17. The monoisotopic (exact) mass is 258 g/mol. The SMILES string of the molecule is CC(C)(C)c1cc(CN)c(O)c(Br)n1. The van der Waals surface area contributed by atoms with Gasteiger partial charge in [0, 0.05) is 23.2 Å². The second-order valence-electron chi connectivity index (χ2n) is 4.26. The first-order valence-corrected chi connectivity index (χ1v) is 5.24. The maximum atomic E-state index is 9.60. The van der Waals surface area contributed by atoms with Crippen LogP contribution in [0.4, 0.5) is 0 Å². The van der Waals surface area contributed by atoms with Gasteiger partial charge in [-0.25, -0.2) is 4.98 Å². The molecule has 3 nitrogen and oxygen atoms in total. The van der Waals surface area contributed by atoms with Gasteiger partial charge < -0.3 is 10.8 Å². The second kappa shape index (κ2) is 3.87. The van der Waals surface area contributed by atoms with Crippen molar-refractivity contribution in [2.75, 3.05) is 0 Å². The zero-order valence-electron chi connectivity index (χ0n) is 8.63. The molecule has 0 aliphatic rings. The molecule has 0 aromatic carbocycles. The largest absolute Gasteiger partial charge is 0.505 e. The topological polar surface area (TPSA) is 59.1 Å². The molecule has 4 heteroatoms. The van der Waals surface area contributed by atoms with Crippen molar-refractivity contribution in [1.82, 2.24) is 4.98 Å². The van der Waals surface area contributed by atoms with Gasteiger partial charge in [0.15, 0.2) is 5.75 Å². The van der Waals surface area contributed by atoms with Crippen LogP contribution >= 0.6 is 15.9 Å². The Bertz CT molecular complexity index is 345. The highest BCUT2D eigenvalue weighted by Crippen LogP contribution is 2.30. The first-order valence-electron chi connectivity index (χ1n) is 4.45. The van der Waals surface area contributed by atoms with Crippen LogP contribution in [-0.4, -0.2) is 10.1 Å². The second-order valence-corrected chi connectivity index (χ2v) is 5.01. The smallest absolute Gasteiger partial charge is 0.152 e. The third-order valence-corrected chi connectivity index (χ3v) is 2.57. The third-order valence-electron chi connectivity index (χ3n) is 2.02. The summed E-state index contributed by atoms with van der Waals surface area (Å²) in [5.41, 5.74) is 7.12. The predicted molar refractivity (Wildman–Crippen MR) is 60.2 cm³/mol. The summed E-state index contributed by atoms with van der Waals surface area (Å²) in [7, 11) is 0. The molecule has 1 aromatic rings. The molecule has 1 heterocycles. The Morgan fingerprint density at radius 3 is 2.50 bits per heavy atom. The van der Waals surface area contributed by atoms with E-state index in [1.165, 1.54) is 0 Å². The van der Waals surface area contributed by atoms with Crippen molar-refractivity contribution in [1.29, 1.82) is 0 Å². The zero-order chi connectivity index (χ0) is 10.9. The summed E-state index contributed by atoms with van der Waals surface area (Å²) in [5, 5.41) is 9.60. The van der Waals surface area contributed by atoms with Gasteiger partial charge in [-0.2, -0.15) is 0 Å². The Labute approximate surface area is 92.5 Å². The van der Waals surface area contributed by atoms with E-state index >= 15 is 0 Å². The number of aromatic hydroxyl groups is 1. The van der Waals surface area contributed by atoms with E-state index in [4.69, 9.17) is 5.73 Å². The van der Waals surface area contributed by atoms with Crippen LogP contribution in [0.5, 0.6) is 5.75 Å². The lowest BCUT2D eigenvalue weighted by Gasteiger charge is -2.19. The first kappa shape index (κ1) is 11.5. The minimum Gasteiger partial charge on any atom is -0.505 e. The van der Waals surface area contributed by atoms with E-state index < -0.39 is 0 Å². The number of halogens is 1. The number of hydrogen-bond acceptors (Lipinski definition) is 3. The Morgan fingerprint density at radius 1 is 1.50 bits per heavy atom. The van der Waals surface area contributed by atoms with Gasteiger partial charge >= 0.3 is 0 Å². The molecule has 0 amide bonds. The van der Waals surface area contributed by atoms with Gasteiger partial charge in [-0.15, -0.1) is 0 Å². The molecule has 0 aliphatic heterocycles. The lowest BCUT2D eigenvalue weighted by molar-refractivity contribution is 0.457. The van der Waals surface area contributed by atoms with Gasteiger partial charge in [0.2, 0.25) is 0 Å². The molecule has 1 aromatic heterocycles. The van der Waals surface area contributed by atoms with Crippen LogP contribution in [0, 0.1) is 0 Å². The van der Waals surface area contributed by atoms with Crippen molar-refractivity contribution in [3.8, 4) is 5.75 Å². The molecule has 0 saturated carbocycles. The average Bonchev–Trinajstić information content (AvgIpc) is 2.07. The number of nitrogens with zero attached hydrogens (tertiary/aromatic N) is 1. The standard InChI is InChI=1S/C10H15BrN2O/c1-10(2,3)7-4-6(5-12)8(14)9(11)13-7/h4,14H,5,12H2,1-3H3. The molecule has 0 atom stereocenters. The predicted octanol–water partition coefficient (Wildman–Crippen LogP) is 2.31. The van der Waals surface area contributed by atoms with E-state index in [9.17, 15) is 5.11 Å². The zero-order valence-corrected chi connectivity index (χ0v) is 10.2. The number of rotatable bonds is 1. The summed E-state index contributed by atoms with van der Waals surface area (Å²) in [6, 6.07) is 1.85. The molecule has 0 fully saturated rings. The molecular weight excluding hydrogens is 244 g/mol. The lowest BCUT2D eigenvalue weighted by Crippen LogP contribution is -2.15. The minimum absolute atomic E-state index is 0.0415. The van der Waals surface area contributed by atoms with Crippen LogP contribution in [0.3, 0.4) is 0 Å². The molecule has 3 N–H and O–H groups in total. The van der Waals surface area contributed by atoms with Crippen molar-refractivity contribution in [3.63, 3.8) is 0 Å². The van der Waals surface area contributed by atoms with Crippen molar-refractivity contribution in [2.45, 2.75) is 32.7 Å². The molecule has 0 unspecified atom stereocenters. The molecule has 1 rings (SSSR count). The molecule has 0 bridgehead atoms. The van der Waals surface area contributed by atoms with Crippen LogP contribution < -0.4 is 5.73 Å². The highest BCUT2D eigenvalue weighted by molar-refractivity contribution is 9.10. The maximum Gasteiger partial charge on any atom is 0.152 e. The van der Waals surface area contributed by atoms with E-state index in [2.05, 4.69) is 41.7 Å². The van der Waals surface area contributed by atoms with Crippen molar-refractivity contribution < 1.29 is 5.11 Å². The fourth-order valence-electron chi connectivity index (χ4n) is 1.10. The molecular formula is C10H15BrN2O. The fraction of sp³-hybridized carbons (Fsp3) is 0.500. The minimum atomic E-state index is -0.0415. The Hall–Kier alpha value is -0.610. The van der Waals surface area contributed by atoms with Crippen molar-refractivity contribution in [2.24, 2.45) is 5.73 Å². The normalized spacial score (nSPS) is 11.8. The number of aromatic nitrogens is 1. The van der Waals surface area contributed by atoms with E-state index in [1.807, 2.05) is 6.07 Å². The summed E-state index contributed by atoms with van der Waals surface area (Å²) in [4.78, 5) is 4.26. The average molecular weight is 259 g/mol. The van der Waals surface area contributed by atoms with Gasteiger partial charge in [-0.05, 0) is 22.0 Å².